The minimum atomic E-state index is -1.19. The van der Waals surface area contributed by atoms with Gasteiger partial charge in [0.1, 0.15) is 11.8 Å². The van der Waals surface area contributed by atoms with Gasteiger partial charge in [-0.15, -0.1) is 6.42 Å². The van der Waals surface area contributed by atoms with Crippen LogP contribution in [0.1, 0.15) is 44.9 Å². The summed E-state index contributed by atoms with van der Waals surface area (Å²) in [5.41, 5.74) is -1.19. The topological polar surface area (TPSA) is 38.7 Å². The van der Waals surface area contributed by atoms with Gasteiger partial charge >= 0.3 is 0 Å². The molecule has 1 N–H and O–H groups in total. The highest BCUT2D eigenvalue weighted by molar-refractivity contribution is 5.15. The van der Waals surface area contributed by atoms with Crippen LogP contribution in [0.5, 0.6) is 0 Å². The van der Waals surface area contributed by atoms with Crippen LogP contribution < -0.4 is 0 Å². The van der Waals surface area contributed by atoms with Crippen LogP contribution in [0, 0.1) is 24.2 Å². The Kier molecular flexibility index (Phi) is 5.65. The zero-order valence-electron chi connectivity index (χ0n) is 13.1. The Balaban J connectivity index is 2.03. The smallest absolute Gasteiger partial charge is 0.130 e. The molecular formula is C17H27FO3. The van der Waals surface area contributed by atoms with Crippen LogP contribution in [-0.2, 0) is 9.47 Å². The predicted molar refractivity (Wildman–Crippen MR) is 79.6 cm³/mol. The Morgan fingerprint density at radius 3 is 2.14 bits per heavy atom. The third kappa shape index (κ3) is 3.41. The van der Waals surface area contributed by atoms with Crippen LogP contribution in [0.3, 0.4) is 0 Å². The minimum absolute atomic E-state index is 0.0465. The molecule has 4 unspecified atom stereocenters. The van der Waals surface area contributed by atoms with Crippen molar-refractivity contribution in [3.8, 4) is 12.3 Å². The van der Waals surface area contributed by atoms with Gasteiger partial charge in [0, 0.05) is 20.1 Å². The Bertz CT molecular complexity index is 373. The second kappa shape index (κ2) is 7.09. The van der Waals surface area contributed by atoms with Gasteiger partial charge < -0.3 is 14.6 Å². The standard InChI is InChI=1S/C17H27FO3/c1-4-17(19,12-5-8-14(20-2)9-6-12)13-7-10-16(21-3)15(18)11-13/h1,12-16,19H,5-11H2,2-3H3. The van der Waals surface area contributed by atoms with Gasteiger partial charge in [-0.25, -0.2) is 4.39 Å². The first-order chi connectivity index (χ1) is 10.0. The maximum Gasteiger partial charge on any atom is 0.130 e. The minimum Gasteiger partial charge on any atom is -0.381 e. The second-order valence-electron chi connectivity index (χ2n) is 6.48. The first-order valence-corrected chi connectivity index (χ1v) is 7.95. The molecule has 0 bridgehead atoms. The van der Waals surface area contributed by atoms with E-state index >= 15 is 0 Å². The van der Waals surface area contributed by atoms with E-state index in [1.165, 1.54) is 7.11 Å². The molecule has 0 radical (unpaired) electrons. The van der Waals surface area contributed by atoms with Gasteiger partial charge in [0.05, 0.1) is 12.2 Å². The highest BCUT2D eigenvalue weighted by atomic mass is 19.1. The van der Waals surface area contributed by atoms with Crippen LogP contribution in [-0.4, -0.2) is 43.3 Å². The lowest BCUT2D eigenvalue weighted by atomic mass is 9.66. The Morgan fingerprint density at radius 2 is 1.67 bits per heavy atom. The fraction of sp³-hybridized carbons (Fsp3) is 0.882. The summed E-state index contributed by atoms with van der Waals surface area (Å²) in [5.74, 6) is 2.48. The summed E-state index contributed by atoms with van der Waals surface area (Å²) in [6.45, 7) is 0. The monoisotopic (exact) mass is 298 g/mol. The van der Waals surface area contributed by atoms with E-state index in [0.29, 0.717) is 12.8 Å². The molecular weight excluding hydrogens is 271 g/mol. The van der Waals surface area contributed by atoms with Crippen LogP contribution in [0.4, 0.5) is 4.39 Å². The van der Waals surface area contributed by atoms with Crippen molar-refractivity contribution in [2.45, 2.75) is 68.9 Å². The van der Waals surface area contributed by atoms with Crippen molar-refractivity contribution in [3.05, 3.63) is 0 Å². The fourth-order valence-electron chi connectivity index (χ4n) is 4.06. The van der Waals surface area contributed by atoms with Gasteiger partial charge in [-0.05, 0) is 50.9 Å². The van der Waals surface area contributed by atoms with Crippen molar-refractivity contribution < 1.29 is 19.0 Å². The maximum atomic E-state index is 14.1. The molecule has 0 spiro atoms. The fourth-order valence-corrected chi connectivity index (χ4v) is 4.06. The molecule has 3 nitrogen and oxygen atoms in total. The van der Waals surface area contributed by atoms with Crippen molar-refractivity contribution in [1.82, 2.24) is 0 Å². The molecule has 0 aromatic rings. The number of hydrogen-bond donors (Lipinski definition) is 1. The van der Waals surface area contributed by atoms with Crippen molar-refractivity contribution in [3.63, 3.8) is 0 Å². The third-order valence-electron chi connectivity index (χ3n) is 5.50. The first-order valence-electron chi connectivity index (χ1n) is 7.95. The highest BCUT2D eigenvalue weighted by Gasteiger charge is 2.47. The summed E-state index contributed by atoms with van der Waals surface area (Å²) in [6.07, 6.45) is 9.71. The van der Waals surface area contributed by atoms with E-state index < -0.39 is 11.8 Å². The van der Waals surface area contributed by atoms with Gasteiger partial charge in [-0.3, -0.25) is 0 Å². The molecule has 0 amide bonds. The summed E-state index contributed by atoms with van der Waals surface area (Å²) in [4.78, 5) is 0. The summed E-state index contributed by atoms with van der Waals surface area (Å²) < 4.78 is 24.6. The van der Waals surface area contributed by atoms with Gasteiger partial charge in [0.15, 0.2) is 0 Å². The summed E-state index contributed by atoms with van der Waals surface area (Å²) >= 11 is 0. The van der Waals surface area contributed by atoms with Gasteiger partial charge in [-0.2, -0.15) is 0 Å². The Hall–Kier alpha value is -0.630. The molecule has 2 rings (SSSR count). The number of aliphatic hydroxyl groups is 1. The first kappa shape index (κ1) is 16.7. The lowest BCUT2D eigenvalue weighted by Crippen LogP contribution is -2.49. The molecule has 4 heteroatoms. The molecule has 0 aromatic heterocycles. The number of hydrogen-bond acceptors (Lipinski definition) is 3. The predicted octanol–water partition coefficient (Wildman–Crippen LogP) is 2.71. The lowest BCUT2D eigenvalue weighted by molar-refractivity contribution is -0.0910. The zero-order chi connectivity index (χ0) is 15.5. The van der Waals surface area contributed by atoms with E-state index in [1.807, 2.05) is 0 Å². The average Bonchev–Trinajstić information content (AvgIpc) is 2.54. The quantitative estimate of drug-likeness (QED) is 0.811. The van der Waals surface area contributed by atoms with Crippen LogP contribution in [0.25, 0.3) is 0 Å². The maximum absolute atomic E-state index is 14.1. The summed E-state index contributed by atoms with van der Waals surface area (Å²) in [6, 6.07) is 0. The van der Waals surface area contributed by atoms with Crippen LogP contribution in [0.2, 0.25) is 0 Å². The molecule has 2 aliphatic carbocycles. The van der Waals surface area contributed by atoms with E-state index in [0.717, 1.165) is 32.1 Å². The molecule has 0 saturated heterocycles. The molecule has 0 heterocycles. The highest BCUT2D eigenvalue weighted by Crippen LogP contribution is 2.43. The van der Waals surface area contributed by atoms with Crippen molar-refractivity contribution >= 4 is 0 Å². The lowest BCUT2D eigenvalue weighted by Gasteiger charge is -2.44. The molecule has 0 aliphatic heterocycles. The van der Waals surface area contributed by atoms with Gasteiger partial charge in [0.2, 0.25) is 0 Å². The molecule has 2 aliphatic rings. The van der Waals surface area contributed by atoms with Gasteiger partial charge in [0.25, 0.3) is 0 Å². The summed E-state index contributed by atoms with van der Waals surface area (Å²) in [5, 5.41) is 11.0. The molecule has 2 fully saturated rings. The van der Waals surface area contributed by atoms with Crippen LogP contribution in [0.15, 0.2) is 0 Å². The van der Waals surface area contributed by atoms with E-state index in [2.05, 4.69) is 5.92 Å². The third-order valence-corrected chi connectivity index (χ3v) is 5.50. The van der Waals surface area contributed by atoms with Crippen molar-refractivity contribution in [2.24, 2.45) is 11.8 Å². The average molecular weight is 298 g/mol. The number of terminal acetylenes is 1. The second-order valence-corrected chi connectivity index (χ2v) is 6.48. The number of alkyl halides is 1. The molecule has 2 saturated carbocycles. The van der Waals surface area contributed by atoms with E-state index in [1.54, 1.807) is 7.11 Å². The molecule has 4 atom stereocenters. The number of rotatable bonds is 4. The van der Waals surface area contributed by atoms with Crippen molar-refractivity contribution in [1.29, 1.82) is 0 Å². The van der Waals surface area contributed by atoms with Crippen molar-refractivity contribution in [2.75, 3.05) is 14.2 Å². The molecule has 0 aromatic carbocycles. The van der Waals surface area contributed by atoms with E-state index in [4.69, 9.17) is 15.9 Å². The summed E-state index contributed by atoms with van der Waals surface area (Å²) in [7, 11) is 3.26. The molecule has 21 heavy (non-hydrogen) atoms. The normalized spacial score (nSPS) is 40.2. The zero-order valence-corrected chi connectivity index (χ0v) is 13.1. The number of halogens is 1. The molecule has 120 valence electrons. The number of methoxy groups -OCH3 is 2. The van der Waals surface area contributed by atoms with E-state index in [-0.39, 0.29) is 24.0 Å². The largest absolute Gasteiger partial charge is 0.381 e. The Labute approximate surface area is 127 Å². The number of ether oxygens (including phenoxy) is 2. The Morgan fingerprint density at radius 1 is 1.05 bits per heavy atom. The van der Waals surface area contributed by atoms with Gasteiger partial charge in [-0.1, -0.05) is 5.92 Å². The van der Waals surface area contributed by atoms with E-state index in [9.17, 15) is 9.50 Å². The SMILES string of the molecule is C#CC(O)(C1CCC(OC)CC1)C1CCC(OC)C(F)C1. The van der Waals surface area contributed by atoms with Crippen LogP contribution >= 0.6 is 0 Å².